The molecule has 1 saturated heterocycles. The maximum absolute atomic E-state index is 12.4. The third-order valence-corrected chi connectivity index (χ3v) is 4.51. The van der Waals surface area contributed by atoms with Gasteiger partial charge < -0.3 is 14.4 Å². The highest BCUT2D eigenvalue weighted by molar-refractivity contribution is 5.87. The number of hydrogen-bond donors (Lipinski definition) is 0. The number of piperazine rings is 1. The van der Waals surface area contributed by atoms with Gasteiger partial charge in [0.05, 0.1) is 18.7 Å². The summed E-state index contributed by atoms with van der Waals surface area (Å²) in [6.45, 7) is 3.76. The summed E-state index contributed by atoms with van der Waals surface area (Å²) in [7, 11) is 1.79. The minimum absolute atomic E-state index is 0.00116. The van der Waals surface area contributed by atoms with Crippen molar-refractivity contribution < 1.29 is 9.59 Å². The molecule has 0 aliphatic carbocycles. The van der Waals surface area contributed by atoms with Crippen LogP contribution in [-0.4, -0.2) is 57.3 Å². The minimum atomic E-state index is -0.00116. The molecule has 6 nitrogen and oxygen atoms in total. The second-order valence-electron chi connectivity index (χ2n) is 6.10. The number of rotatable bonds is 2. The topological polar surface area (TPSA) is 58.4 Å². The van der Waals surface area contributed by atoms with Crippen LogP contribution in [0.4, 0.5) is 0 Å². The molecule has 114 valence electrons. The second kappa shape index (κ2) is 5.50. The molecule has 0 radical (unpaired) electrons. The van der Waals surface area contributed by atoms with E-state index in [0.29, 0.717) is 13.0 Å². The summed E-state index contributed by atoms with van der Waals surface area (Å²) < 4.78 is 2.16. The van der Waals surface area contributed by atoms with Crippen LogP contribution in [0.5, 0.6) is 0 Å². The van der Waals surface area contributed by atoms with Crippen molar-refractivity contribution in [2.24, 2.45) is 0 Å². The number of amides is 2. The highest BCUT2D eigenvalue weighted by atomic mass is 16.2. The zero-order valence-electron chi connectivity index (χ0n) is 12.7. The third-order valence-electron chi connectivity index (χ3n) is 4.51. The molecule has 2 aliphatic rings. The fourth-order valence-electron chi connectivity index (χ4n) is 3.04. The summed E-state index contributed by atoms with van der Waals surface area (Å²) >= 11 is 0. The molecule has 0 aromatic carbocycles. The van der Waals surface area contributed by atoms with Gasteiger partial charge in [0.15, 0.2) is 0 Å². The van der Waals surface area contributed by atoms with E-state index in [1.165, 1.54) is 12.8 Å². The van der Waals surface area contributed by atoms with Gasteiger partial charge in [-0.3, -0.25) is 9.59 Å². The number of carbonyl (C=O) groups excluding carboxylic acids is 2. The van der Waals surface area contributed by atoms with E-state index in [9.17, 15) is 9.59 Å². The Morgan fingerprint density at radius 2 is 2.24 bits per heavy atom. The Hall–Kier alpha value is -1.85. The fourth-order valence-corrected chi connectivity index (χ4v) is 3.04. The lowest BCUT2D eigenvalue weighted by molar-refractivity contribution is -0.146. The lowest BCUT2D eigenvalue weighted by Gasteiger charge is -2.37. The molecule has 0 saturated carbocycles. The number of aryl methyl sites for hydroxylation is 2. The first-order valence-electron chi connectivity index (χ1n) is 7.63. The molecule has 0 N–H and O–H groups in total. The van der Waals surface area contributed by atoms with Gasteiger partial charge in [-0.05, 0) is 19.8 Å². The molecule has 3 rings (SSSR count). The van der Waals surface area contributed by atoms with Crippen molar-refractivity contribution in [3.63, 3.8) is 0 Å². The average Bonchev–Trinajstić information content (AvgIpc) is 2.86. The number of likely N-dealkylation sites (N-methyl/N-ethyl adjacent to an activating group) is 1. The van der Waals surface area contributed by atoms with Crippen molar-refractivity contribution in [1.82, 2.24) is 19.4 Å². The molecule has 2 aliphatic heterocycles. The van der Waals surface area contributed by atoms with E-state index < -0.39 is 0 Å². The fraction of sp³-hybridized carbons (Fsp3) is 0.667. The standard InChI is InChI=1S/C15H22N4O2/c1-11-8-19(10-15(21)17(11)2)14(20)7-12-9-18-6-4-3-5-13(18)16-12/h9,11H,3-8,10H2,1-2H3. The van der Waals surface area contributed by atoms with Gasteiger partial charge in [0.25, 0.3) is 0 Å². The summed E-state index contributed by atoms with van der Waals surface area (Å²) in [5, 5.41) is 0. The van der Waals surface area contributed by atoms with E-state index in [0.717, 1.165) is 24.5 Å². The SMILES string of the molecule is CC1CN(C(=O)Cc2cn3c(n2)CCCC3)CC(=O)N1C. The first-order valence-corrected chi connectivity index (χ1v) is 7.63. The van der Waals surface area contributed by atoms with Crippen molar-refractivity contribution >= 4 is 11.8 Å². The van der Waals surface area contributed by atoms with Gasteiger partial charge in [0, 0.05) is 38.8 Å². The van der Waals surface area contributed by atoms with E-state index >= 15 is 0 Å². The number of imidazole rings is 1. The van der Waals surface area contributed by atoms with Crippen LogP contribution < -0.4 is 0 Å². The normalized spacial score (nSPS) is 22.4. The van der Waals surface area contributed by atoms with Crippen LogP contribution in [0, 0.1) is 0 Å². The molecule has 0 bridgehead atoms. The highest BCUT2D eigenvalue weighted by Gasteiger charge is 2.30. The molecule has 1 fully saturated rings. The minimum Gasteiger partial charge on any atom is -0.340 e. The largest absolute Gasteiger partial charge is 0.340 e. The van der Waals surface area contributed by atoms with E-state index in [-0.39, 0.29) is 24.4 Å². The van der Waals surface area contributed by atoms with Gasteiger partial charge >= 0.3 is 0 Å². The van der Waals surface area contributed by atoms with Crippen LogP contribution in [0.25, 0.3) is 0 Å². The number of nitrogens with zero attached hydrogens (tertiary/aromatic N) is 4. The lowest BCUT2D eigenvalue weighted by atomic mass is 10.2. The van der Waals surface area contributed by atoms with Gasteiger partial charge in [-0.15, -0.1) is 0 Å². The monoisotopic (exact) mass is 290 g/mol. The Balaban J connectivity index is 1.66. The van der Waals surface area contributed by atoms with Crippen molar-refractivity contribution in [3.05, 3.63) is 17.7 Å². The van der Waals surface area contributed by atoms with E-state index in [1.54, 1.807) is 16.8 Å². The zero-order valence-corrected chi connectivity index (χ0v) is 12.7. The first kappa shape index (κ1) is 14.1. The maximum atomic E-state index is 12.4. The van der Waals surface area contributed by atoms with E-state index in [4.69, 9.17) is 0 Å². The number of aromatic nitrogens is 2. The Morgan fingerprint density at radius 3 is 2.95 bits per heavy atom. The van der Waals surface area contributed by atoms with Crippen molar-refractivity contribution in [3.8, 4) is 0 Å². The quantitative estimate of drug-likeness (QED) is 0.794. The molecular weight excluding hydrogens is 268 g/mol. The molecule has 2 amide bonds. The smallest absolute Gasteiger partial charge is 0.242 e. The van der Waals surface area contributed by atoms with Crippen LogP contribution in [0.3, 0.4) is 0 Å². The second-order valence-corrected chi connectivity index (χ2v) is 6.10. The highest BCUT2D eigenvalue weighted by Crippen LogP contribution is 2.16. The molecular formula is C15H22N4O2. The molecule has 3 heterocycles. The van der Waals surface area contributed by atoms with Crippen LogP contribution in [0.15, 0.2) is 6.20 Å². The van der Waals surface area contributed by atoms with Crippen LogP contribution in [0.1, 0.15) is 31.3 Å². The summed E-state index contributed by atoms with van der Waals surface area (Å²) in [5.74, 6) is 1.09. The third kappa shape index (κ3) is 2.80. The Morgan fingerprint density at radius 1 is 1.43 bits per heavy atom. The van der Waals surface area contributed by atoms with Gasteiger partial charge in [-0.25, -0.2) is 4.98 Å². The van der Waals surface area contributed by atoms with Crippen LogP contribution in [0.2, 0.25) is 0 Å². The Bertz CT molecular complexity index is 543. The van der Waals surface area contributed by atoms with Gasteiger partial charge in [0.2, 0.25) is 11.8 Å². The summed E-state index contributed by atoms with van der Waals surface area (Å²) in [6.07, 6.45) is 5.64. The Labute approximate surface area is 124 Å². The molecule has 1 atom stereocenters. The van der Waals surface area contributed by atoms with Gasteiger partial charge in [0.1, 0.15) is 5.82 Å². The van der Waals surface area contributed by atoms with Crippen molar-refractivity contribution in [2.45, 2.75) is 45.2 Å². The lowest BCUT2D eigenvalue weighted by Crippen LogP contribution is -2.55. The molecule has 1 aromatic heterocycles. The predicted octanol–water partition coefficient (Wildman–Crippen LogP) is 0.451. The van der Waals surface area contributed by atoms with Crippen molar-refractivity contribution in [1.29, 1.82) is 0 Å². The van der Waals surface area contributed by atoms with E-state index in [1.807, 2.05) is 13.1 Å². The summed E-state index contributed by atoms with van der Waals surface area (Å²) in [4.78, 5) is 32.2. The van der Waals surface area contributed by atoms with Gasteiger partial charge in [-0.2, -0.15) is 0 Å². The zero-order chi connectivity index (χ0) is 15.0. The van der Waals surface area contributed by atoms with Crippen molar-refractivity contribution in [2.75, 3.05) is 20.1 Å². The molecule has 0 spiro atoms. The molecule has 1 unspecified atom stereocenters. The molecule has 6 heteroatoms. The predicted molar refractivity (Wildman–Crippen MR) is 77.7 cm³/mol. The summed E-state index contributed by atoms with van der Waals surface area (Å²) in [5.41, 5.74) is 0.830. The molecule has 21 heavy (non-hydrogen) atoms. The number of carbonyl (C=O) groups is 2. The van der Waals surface area contributed by atoms with Crippen LogP contribution >= 0.6 is 0 Å². The van der Waals surface area contributed by atoms with E-state index in [2.05, 4.69) is 9.55 Å². The number of hydrogen-bond acceptors (Lipinski definition) is 3. The average molecular weight is 290 g/mol. The van der Waals surface area contributed by atoms with Gasteiger partial charge in [-0.1, -0.05) is 0 Å². The summed E-state index contributed by atoms with van der Waals surface area (Å²) in [6, 6.07) is 0.0744. The number of fused-ring (bicyclic) bond motifs is 1. The first-order chi connectivity index (χ1) is 10.0. The maximum Gasteiger partial charge on any atom is 0.242 e. The van der Waals surface area contributed by atoms with Crippen LogP contribution in [-0.2, 0) is 29.0 Å². The Kier molecular flexibility index (Phi) is 3.69. The molecule has 1 aromatic rings.